The molecule has 3 rings (SSSR count). The van der Waals surface area contributed by atoms with Gasteiger partial charge in [-0.2, -0.15) is 0 Å². The van der Waals surface area contributed by atoms with Crippen LogP contribution < -0.4 is 4.90 Å². The second-order valence-corrected chi connectivity index (χ2v) is 6.09. The Morgan fingerprint density at radius 3 is 2.85 bits per heavy atom. The number of furan rings is 1. The minimum atomic E-state index is 0.0364. The molecule has 104 valence electrons. The predicted octanol–water partition coefficient (Wildman–Crippen LogP) is 4.04. The number of aryl methyl sites for hydroxylation is 2. The van der Waals surface area contributed by atoms with Gasteiger partial charge in [0.05, 0.1) is 11.3 Å². The summed E-state index contributed by atoms with van der Waals surface area (Å²) in [6.07, 6.45) is 1.00. The summed E-state index contributed by atoms with van der Waals surface area (Å²) in [5.41, 5.74) is 1.68. The Balaban J connectivity index is 2.01. The van der Waals surface area contributed by atoms with E-state index in [4.69, 9.17) is 4.42 Å². The lowest BCUT2D eigenvalue weighted by molar-refractivity contribution is 0.0985. The lowest BCUT2D eigenvalue weighted by Gasteiger charge is -2.22. The minimum Gasteiger partial charge on any atom is -0.466 e. The lowest BCUT2D eigenvalue weighted by Crippen LogP contribution is -2.32. The van der Waals surface area contributed by atoms with E-state index in [2.05, 4.69) is 6.07 Å². The number of hydrogen-bond donors (Lipinski definition) is 0. The monoisotopic (exact) mass is 287 g/mol. The topological polar surface area (TPSA) is 33.5 Å². The van der Waals surface area contributed by atoms with E-state index in [-0.39, 0.29) is 5.91 Å². The van der Waals surface area contributed by atoms with Gasteiger partial charge in [-0.25, -0.2) is 0 Å². The molecule has 0 spiro atoms. The first-order valence-electron chi connectivity index (χ1n) is 6.77. The van der Waals surface area contributed by atoms with Crippen LogP contribution in [0.5, 0.6) is 0 Å². The largest absolute Gasteiger partial charge is 0.466 e. The van der Waals surface area contributed by atoms with E-state index in [0.29, 0.717) is 11.3 Å². The van der Waals surface area contributed by atoms with E-state index in [1.54, 1.807) is 0 Å². The van der Waals surface area contributed by atoms with Gasteiger partial charge in [0.1, 0.15) is 11.5 Å². The maximum Gasteiger partial charge on any atom is 0.261 e. The Morgan fingerprint density at radius 1 is 1.30 bits per heavy atom. The minimum absolute atomic E-state index is 0.0364. The third-order valence-corrected chi connectivity index (χ3v) is 4.61. The molecular weight excluding hydrogens is 270 g/mol. The van der Waals surface area contributed by atoms with Crippen LogP contribution in [0.15, 0.2) is 39.6 Å². The molecule has 0 atom stereocenters. The second kappa shape index (κ2) is 5.37. The van der Waals surface area contributed by atoms with Crippen molar-refractivity contribution < 1.29 is 9.21 Å². The first-order valence-corrected chi connectivity index (χ1v) is 7.76. The summed E-state index contributed by atoms with van der Waals surface area (Å²) in [4.78, 5) is 15.9. The number of rotatable bonds is 1. The Morgan fingerprint density at radius 2 is 2.10 bits per heavy atom. The Kier molecular flexibility index (Phi) is 3.57. The smallest absolute Gasteiger partial charge is 0.261 e. The Bertz CT molecular complexity index is 648. The van der Waals surface area contributed by atoms with Crippen LogP contribution in [0.25, 0.3) is 0 Å². The highest BCUT2D eigenvalue weighted by Gasteiger charge is 2.25. The highest BCUT2D eigenvalue weighted by Crippen LogP contribution is 2.34. The fraction of sp³-hybridized carbons (Fsp3) is 0.312. The maximum absolute atomic E-state index is 12.8. The second-order valence-electron chi connectivity index (χ2n) is 4.95. The van der Waals surface area contributed by atoms with Gasteiger partial charge >= 0.3 is 0 Å². The maximum atomic E-state index is 12.8. The van der Waals surface area contributed by atoms with Gasteiger partial charge < -0.3 is 9.32 Å². The van der Waals surface area contributed by atoms with Crippen molar-refractivity contribution in [2.75, 3.05) is 17.2 Å². The van der Waals surface area contributed by atoms with E-state index in [9.17, 15) is 4.79 Å². The van der Waals surface area contributed by atoms with E-state index in [1.165, 1.54) is 4.90 Å². The summed E-state index contributed by atoms with van der Waals surface area (Å²) in [5, 5.41) is 0. The summed E-state index contributed by atoms with van der Waals surface area (Å²) in [7, 11) is 0. The number of thioether (sulfide) groups is 1. The van der Waals surface area contributed by atoms with E-state index >= 15 is 0 Å². The third kappa shape index (κ3) is 2.36. The molecule has 0 bridgehead atoms. The van der Waals surface area contributed by atoms with Crippen LogP contribution in [-0.4, -0.2) is 18.2 Å². The number of carbonyl (C=O) groups excluding carboxylic acids is 1. The molecule has 0 radical (unpaired) electrons. The SMILES string of the molecule is Cc1cc(C(=O)N2CCCSc3ccccc32)c(C)o1. The lowest BCUT2D eigenvalue weighted by atomic mass is 10.2. The van der Waals surface area contributed by atoms with Crippen molar-refractivity contribution in [1.82, 2.24) is 0 Å². The molecule has 3 nitrogen and oxygen atoms in total. The van der Waals surface area contributed by atoms with E-state index in [0.717, 1.165) is 30.2 Å². The highest BCUT2D eigenvalue weighted by molar-refractivity contribution is 7.99. The first-order chi connectivity index (χ1) is 9.66. The molecule has 0 N–H and O–H groups in total. The molecule has 0 saturated heterocycles. The van der Waals surface area contributed by atoms with E-state index in [1.807, 2.05) is 54.8 Å². The van der Waals surface area contributed by atoms with Crippen LogP contribution in [0, 0.1) is 13.8 Å². The van der Waals surface area contributed by atoms with Crippen molar-refractivity contribution in [2.45, 2.75) is 25.2 Å². The number of hydrogen-bond acceptors (Lipinski definition) is 3. The van der Waals surface area contributed by atoms with Crippen LogP contribution in [-0.2, 0) is 0 Å². The average Bonchev–Trinajstić information content (AvgIpc) is 2.66. The summed E-state index contributed by atoms with van der Waals surface area (Å²) in [6.45, 7) is 4.47. The molecule has 2 aromatic rings. The fourth-order valence-corrected chi connectivity index (χ4v) is 3.52. The molecule has 2 heterocycles. The third-order valence-electron chi connectivity index (χ3n) is 3.46. The van der Waals surface area contributed by atoms with Crippen molar-refractivity contribution in [1.29, 1.82) is 0 Å². The molecule has 1 aromatic heterocycles. The summed E-state index contributed by atoms with van der Waals surface area (Å²) in [5.74, 6) is 2.56. The van der Waals surface area contributed by atoms with Crippen molar-refractivity contribution >= 4 is 23.4 Å². The zero-order valence-corrected chi connectivity index (χ0v) is 12.5. The normalized spacial score (nSPS) is 14.8. The molecular formula is C16H17NO2S. The van der Waals surface area contributed by atoms with Crippen molar-refractivity contribution in [3.63, 3.8) is 0 Å². The zero-order valence-electron chi connectivity index (χ0n) is 11.7. The molecule has 0 unspecified atom stereocenters. The van der Waals surface area contributed by atoms with Crippen LogP contribution in [0.1, 0.15) is 28.3 Å². The van der Waals surface area contributed by atoms with Crippen LogP contribution >= 0.6 is 11.8 Å². The molecule has 0 fully saturated rings. The molecule has 0 saturated carbocycles. The van der Waals surface area contributed by atoms with Crippen LogP contribution in [0.4, 0.5) is 5.69 Å². The molecule has 1 amide bonds. The number of anilines is 1. The Labute approximate surface area is 123 Å². The highest BCUT2D eigenvalue weighted by atomic mass is 32.2. The van der Waals surface area contributed by atoms with E-state index < -0.39 is 0 Å². The molecule has 4 heteroatoms. The van der Waals surface area contributed by atoms with Gasteiger partial charge in [0.2, 0.25) is 0 Å². The molecule has 1 aliphatic rings. The average molecular weight is 287 g/mol. The Hall–Kier alpha value is -1.68. The van der Waals surface area contributed by atoms with Gasteiger partial charge in [0.15, 0.2) is 0 Å². The predicted molar refractivity (Wildman–Crippen MR) is 81.6 cm³/mol. The van der Waals surface area contributed by atoms with Gasteiger partial charge in [-0.3, -0.25) is 4.79 Å². The fourth-order valence-electron chi connectivity index (χ4n) is 2.53. The number of para-hydroxylation sites is 1. The van der Waals surface area contributed by atoms with Gasteiger partial charge in [0, 0.05) is 11.4 Å². The van der Waals surface area contributed by atoms with Gasteiger partial charge in [-0.1, -0.05) is 12.1 Å². The zero-order chi connectivity index (χ0) is 14.1. The van der Waals surface area contributed by atoms with Crippen LogP contribution in [0.2, 0.25) is 0 Å². The first kappa shape index (κ1) is 13.3. The quantitative estimate of drug-likeness (QED) is 0.793. The van der Waals surface area contributed by atoms with Gasteiger partial charge in [-0.05, 0) is 44.2 Å². The number of nitrogens with zero attached hydrogens (tertiary/aromatic N) is 1. The van der Waals surface area contributed by atoms with Gasteiger partial charge in [-0.15, -0.1) is 11.8 Å². The standard InChI is InChI=1S/C16H17NO2S/c1-11-10-13(12(2)19-11)16(18)17-8-5-9-20-15-7-4-3-6-14(15)17/h3-4,6-7,10H,5,8-9H2,1-2H3. The number of benzene rings is 1. The molecule has 1 aliphatic heterocycles. The number of fused-ring (bicyclic) bond motifs is 1. The molecule has 20 heavy (non-hydrogen) atoms. The summed E-state index contributed by atoms with van der Waals surface area (Å²) in [6, 6.07) is 9.94. The summed E-state index contributed by atoms with van der Waals surface area (Å²) < 4.78 is 5.49. The van der Waals surface area contributed by atoms with Crippen molar-refractivity contribution in [3.8, 4) is 0 Å². The van der Waals surface area contributed by atoms with Crippen LogP contribution in [0.3, 0.4) is 0 Å². The van der Waals surface area contributed by atoms with Gasteiger partial charge in [0.25, 0.3) is 5.91 Å². The van der Waals surface area contributed by atoms with Crippen molar-refractivity contribution in [3.05, 3.63) is 47.4 Å². The molecule has 0 aliphatic carbocycles. The number of amides is 1. The van der Waals surface area contributed by atoms with Crippen molar-refractivity contribution in [2.24, 2.45) is 0 Å². The molecule has 1 aromatic carbocycles. The summed E-state index contributed by atoms with van der Waals surface area (Å²) >= 11 is 1.82. The number of carbonyl (C=O) groups is 1.